The number of rotatable bonds is 10. The molecule has 45 heavy (non-hydrogen) atoms. The number of nitrogens with zero attached hydrogens (tertiary/aromatic N) is 2. The number of carbonyl (C=O) groups is 1. The lowest BCUT2D eigenvalue weighted by Gasteiger charge is -2.26. The third-order valence-electron chi connectivity index (χ3n) is 8.38. The van der Waals surface area contributed by atoms with Crippen molar-refractivity contribution in [3.8, 4) is 0 Å². The Kier molecular flexibility index (Phi) is 9.29. The molecule has 2 heterocycles. The Labute approximate surface area is 260 Å². The average Bonchev–Trinajstić information content (AvgIpc) is 3.34. The summed E-state index contributed by atoms with van der Waals surface area (Å²) in [4.78, 5) is 13.8. The third kappa shape index (κ3) is 6.87. The van der Waals surface area contributed by atoms with Crippen LogP contribution in [0.15, 0.2) is 72.9 Å². The summed E-state index contributed by atoms with van der Waals surface area (Å²) in [6, 6.07) is 16.8. The van der Waals surface area contributed by atoms with Gasteiger partial charge in [-0.1, -0.05) is 55.5 Å². The fourth-order valence-corrected chi connectivity index (χ4v) is 7.13. The highest BCUT2D eigenvalue weighted by molar-refractivity contribution is 7.93. The predicted molar refractivity (Wildman–Crippen MR) is 169 cm³/mol. The zero-order valence-corrected chi connectivity index (χ0v) is 26.1. The van der Waals surface area contributed by atoms with Gasteiger partial charge in [-0.15, -0.1) is 0 Å². The van der Waals surface area contributed by atoms with Crippen molar-refractivity contribution < 1.29 is 31.5 Å². The number of carbonyl (C=O) groups excluding carboxylic acids is 1. The quantitative estimate of drug-likeness (QED) is 0.229. The molecule has 3 N–H and O–H groups in total. The molecule has 0 aliphatic carbocycles. The van der Waals surface area contributed by atoms with Crippen LogP contribution in [0.5, 0.6) is 0 Å². The Morgan fingerprint density at radius 2 is 1.78 bits per heavy atom. The smallest absolute Gasteiger partial charge is 0.390 e. The molecule has 0 fully saturated rings. The fourth-order valence-electron chi connectivity index (χ4n) is 5.83. The van der Waals surface area contributed by atoms with Gasteiger partial charge in [0.15, 0.2) is 0 Å². The number of amides is 1. The Morgan fingerprint density at radius 1 is 1.07 bits per heavy atom. The van der Waals surface area contributed by atoms with Crippen LogP contribution in [0.1, 0.15) is 46.5 Å². The lowest BCUT2D eigenvalue weighted by molar-refractivity contribution is -0.137. The Hall–Kier alpha value is -3.87. The highest BCUT2D eigenvalue weighted by Crippen LogP contribution is 2.37. The highest BCUT2D eigenvalue weighted by atomic mass is 32.2. The summed E-state index contributed by atoms with van der Waals surface area (Å²) >= 11 is 0. The highest BCUT2D eigenvalue weighted by Gasteiger charge is 2.34. The van der Waals surface area contributed by atoms with Crippen molar-refractivity contribution in [3.63, 3.8) is 0 Å². The van der Waals surface area contributed by atoms with E-state index in [0.717, 1.165) is 34.2 Å². The molecule has 0 bridgehead atoms. The van der Waals surface area contributed by atoms with Gasteiger partial charge >= 0.3 is 6.18 Å². The maximum absolute atomic E-state index is 13.8. The molecule has 0 radical (unpaired) electrons. The summed E-state index contributed by atoms with van der Waals surface area (Å²) < 4.78 is 69.1. The molecule has 1 aliphatic rings. The lowest BCUT2D eigenvalue weighted by atomic mass is 9.99. The van der Waals surface area contributed by atoms with Gasteiger partial charge in [-0.2, -0.15) is 13.2 Å². The van der Waals surface area contributed by atoms with E-state index >= 15 is 0 Å². The summed E-state index contributed by atoms with van der Waals surface area (Å²) in [5.41, 5.74) is 2.92. The zero-order valence-electron chi connectivity index (χ0n) is 25.3. The number of aliphatic hydroxyl groups is 1. The van der Waals surface area contributed by atoms with Crippen LogP contribution in [0.2, 0.25) is 0 Å². The first-order chi connectivity index (χ1) is 21.3. The van der Waals surface area contributed by atoms with E-state index in [1.54, 1.807) is 25.1 Å². The van der Waals surface area contributed by atoms with E-state index in [1.165, 1.54) is 17.4 Å². The first-order valence-corrected chi connectivity index (χ1v) is 16.3. The van der Waals surface area contributed by atoms with Crippen molar-refractivity contribution in [2.75, 3.05) is 17.9 Å². The summed E-state index contributed by atoms with van der Waals surface area (Å²) in [5, 5.41) is 17.3. The third-order valence-corrected chi connectivity index (χ3v) is 10.5. The van der Waals surface area contributed by atoms with Gasteiger partial charge in [0.25, 0.3) is 5.91 Å². The summed E-state index contributed by atoms with van der Waals surface area (Å²) in [7, 11) is -2.18. The van der Waals surface area contributed by atoms with Crippen LogP contribution in [-0.4, -0.2) is 55.0 Å². The van der Waals surface area contributed by atoms with Crippen LogP contribution in [0, 0.1) is 0 Å². The van der Waals surface area contributed by atoms with Crippen LogP contribution in [0.4, 0.5) is 18.9 Å². The number of halogens is 3. The summed E-state index contributed by atoms with van der Waals surface area (Å²) in [5.74, 6) is -0.482. The molecule has 1 amide bonds. The lowest BCUT2D eigenvalue weighted by Crippen LogP contribution is -2.48. The van der Waals surface area contributed by atoms with Gasteiger partial charge in [0.1, 0.15) is 0 Å². The van der Waals surface area contributed by atoms with Crippen molar-refractivity contribution in [2.24, 2.45) is 0 Å². The molecule has 5 rings (SSSR count). The largest absolute Gasteiger partial charge is 0.416 e. The maximum Gasteiger partial charge on any atom is 0.416 e. The topological polar surface area (TPSA) is 104 Å². The molecular weight excluding hydrogens is 605 g/mol. The molecular formula is C33H37F3N4O4S. The second-order valence-corrected chi connectivity index (χ2v) is 13.9. The van der Waals surface area contributed by atoms with Crippen LogP contribution in [0.25, 0.3) is 10.9 Å². The molecule has 1 aliphatic heterocycles. The number of sulfonamides is 1. The van der Waals surface area contributed by atoms with Crippen molar-refractivity contribution in [1.29, 1.82) is 0 Å². The van der Waals surface area contributed by atoms with Crippen molar-refractivity contribution in [2.45, 2.75) is 63.4 Å². The van der Waals surface area contributed by atoms with E-state index in [-0.39, 0.29) is 25.1 Å². The minimum Gasteiger partial charge on any atom is -0.390 e. The zero-order chi connectivity index (χ0) is 32.5. The van der Waals surface area contributed by atoms with E-state index in [4.69, 9.17) is 0 Å². The number of hydrogen-bond acceptors (Lipinski definition) is 5. The van der Waals surface area contributed by atoms with E-state index in [2.05, 4.69) is 10.6 Å². The van der Waals surface area contributed by atoms with Crippen LogP contribution in [0.3, 0.4) is 0 Å². The molecule has 0 spiro atoms. The van der Waals surface area contributed by atoms with E-state index in [0.29, 0.717) is 24.2 Å². The van der Waals surface area contributed by atoms with Crippen molar-refractivity contribution in [1.82, 2.24) is 15.2 Å². The Bertz CT molecular complexity index is 1790. The molecule has 1 aromatic heterocycles. The van der Waals surface area contributed by atoms with E-state index < -0.39 is 45.1 Å². The number of aryl methyl sites for hydroxylation is 1. The van der Waals surface area contributed by atoms with Gasteiger partial charge in [0.2, 0.25) is 10.0 Å². The number of hydrogen-bond donors (Lipinski definition) is 3. The van der Waals surface area contributed by atoms with Gasteiger partial charge in [-0.25, -0.2) is 8.42 Å². The molecule has 3 atom stereocenters. The minimum atomic E-state index is -4.46. The number of nitrogens with one attached hydrogen (secondary N) is 2. The van der Waals surface area contributed by atoms with Crippen LogP contribution >= 0.6 is 0 Å². The van der Waals surface area contributed by atoms with Crippen molar-refractivity contribution in [3.05, 3.63) is 101 Å². The molecule has 0 saturated heterocycles. The first kappa shape index (κ1) is 32.5. The first-order valence-electron chi connectivity index (χ1n) is 14.8. The number of alkyl halides is 3. The average molecular weight is 643 g/mol. The van der Waals surface area contributed by atoms with E-state index in [9.17, 15) is 31.5 Å². The van der Waals surface area contributed by atoms with Crippen molar-refractivity contribution >= 4 is 32.5 Å². The van der Waals surface area contributed by atoms with Crippen LogP contribution in [-0.2, 0) is 42.1 Å². The molecule has 4 aromatic rings. The molecule has 12 heteroatoms. The fraction of sp³-hybridized carbons (Fsp3) is 0.364. The summed E-state index contributed by atoms with van der Waals surface area (Å²) in [6.07, 6.45) is -2.64. The minimum absolute atomic E-state index is 0.0000139. The normalized spacial score (nSPS) is 17.6. The SMILES string of the molecule is CCc1cn2c3c(cc(C(=O)N[C@@H](Cc4ccccc4)[C@H](O)CNCc4cccc(C(F)(F)F)c4)cc13)N(C)S(=O)(=O)C(C)C2. The second kappa shape index (κ2) is 12.9. The molecule has 3 aromatic carbocycles. The molecule has 240 valence electrons. The standard InChI is InChI=1S/C33H37F3N4O4S/c1-4-24-20-40-19-21(2)45(43,44)39(3)29-16-25(15-27(24)31(29)40)32(42)38-28(14-22-9-6-5-7-10-22)30(41)18-37-17-23-11-8-12-26(13-23)33(34,35)36/h5-13,15-16,20-21,28,30,37,41H,4,14,17-19H2,1-3H3,(H,38,42)/t21?,28-,30+/m0/s1. The van der Waals surface area contributed by atoms with E-state index in [1.807, 2.05) is 48.0 Å². The predicted octanol–water partition coefficient (Wildman–Crippen LogP) is 4.88. The number of aliphatic hydroxyl groups excluding tert-OH is 1. The second-order valence-electron chi connectivity index (χ2n) is 11.5. The number of benzene rings is 3. The number of aromatic nitrogens is 1. The Morgan fingerprint density at radius 3 is 2.47 bits per heavy atom. The molecule has 0 saturated carbocycles. The van der Waals surface area contributed by atoms with Gasteiger partial charge in [0.05, 0.1) is 34.2 Å². The van der Waals surface area contributed by atoms with Crippen LogP contribution < -0.4 is 14.9 Å². The van der Waals surface area contributed by atoms with Gasteiger partial charge in [0, 0.05) is 43.8 Å². The van der Waals surface area contributed by atoms with Gasteiger partial charge < -0.3 is 20.3 Å². The monoisotopic (exact) mass is 642 g/mol. The van der Waals surface area contributed by atoms with Gasteiger partial charge in [-0.3, -0.25) is 9.10 Å². The number of anilines is 1. The Balaban J connectivity index is 1.40. The summed E-state index contributed by atoms with van der Waals surface area (Å²) in [6.45, 7) is 4.04. The molecule has 1 unspecified atom stereocenters. The molecule has 8 nitrogen and oxygen atoms in total. The maximum atomic E-state index is 13.8. The van der Waals surface area contributed by atoms with Gasteiger partial charge in [-0.05, 0) is 54.7 Å².